The first kappa shape index (κ1) is 36.7. The van der Waals surface area contributed by atoms with Crippen molar-refractivity contribution in [2.75, 3.05) is 19.8 Å². The van der Waals surface area contributed by atoms with E-state index in [9.17, 15) is 10.2 Å². The van der Waals surface area contributed by atoms with Crippen molar-refractivity contribution in [2.24, 2.45) is 0 Å². The second-order valence-corrected chi connectivity index (χ2v) is 13.2. The highest BCUT2D eigenvalue weighted by atomic mass is 35.5. The lowest BCUT2D eigenvalue weighted by Gasteiger charge is -2.52. The lowest BCUT2D eigenvalue weighted by Crippen LogP contribution is -2.66. The molecule has 1 aliphatic rings. The molecule has 5 aromatic rings. The highest BCUT2D eigenvalue weighted by Crippen LogP contribution is 2.44. The summed E-state index contributed by atoms with van der Waals surface area (Å²) in [6.45, 7) is 2.28. The molecule has 1 saturated heterocycles. The Hall–Kier alpha value is -4.05. The molecule has 0 aliphatic carbocycles. The van der Waals surface area contributed by atoms with Crippen molar-refractivity contribution in [1.82, 2.24) is 0 Å². The summed E-state index contributed by atoms with van der Waals surface area (Å²) in [6.07, 6.45) is -2.56. The number of aliphatic hydroxyl groups excluding tert-OH is 2. The molecule has 1 fully saturated rings. The average Bonchev–Trinajstić information content (AvgIpc) is 3.18. The second kappa shape index (κ2) is 17.9. The van der Waals surface area contributed by atoms with Crippen LogP contribution in [0.25, 0.3) is 0 Å². The maximum Gasteiger partial charge on any atom is 0.144 e. The van der Waals surface area contributed by atoms with Crippen LogP contribution in [-0.2, 0) is 45.2 Å². The summed E-state index contributed by atoms with van der Waals surface area (Å²) < 4.78 is 32.6. The van der Waals surface area contributed by atoms with Crippen LogP contribution in [0, 0.1) is 0 Å². The van der Waals surface area contributed by atoms with Crippen LogP contribution in [-0.4, -0.2) is 53.9 Å². The zero-order chi connectivity index (χ0) is 35.5. The molecule has 0 spiro atoms. The van der Waals surface area contributed by atoms with E-state index in [1.807, 2.05) is 140 Å². The molecule has 6 rings (SSSR count). The summed E-state index contributed by atoms with van der Waals surface area (Å²) in [5, 5.41) is 22.7. The predicted molar refractivity (Wildman–Crippen MR) is 198 cm³/mol. The molecule has 5 aromatic carbocycles. The van der Waals surface area contributed by atoms with E-state index in [1.54, 1.807) is 0 Å². The fraction of sp³-hybridized carbons (Fsp3) is 0.302. The SMILES string of the molecule is CCOc1ccc(Cc2cc(C3OC(CO)(CO)C(OCc4ccccc4)C(OCc4ccccc4)C3OCc3ccccc3)ccc2Cl)cc1. The lowest BCUT2D eigenvalue weighted by molar-refractivity contribution is -0.318. The third kappa shape index (κ3) is 9.25. The highest BCUT2D eigenvalue weighted by Gasteiger charge is 2.57. The average molecular weight is 709 g/mol. The molecule has 266 valence electrons. The van der Waals surface area contributed by atoms with E-state index in [-0.39, 0.29) is 19.8 Å². The smallest absolute Gasteiger partial charge is 0.144 e. The minimum atomic E-state index is -1.53. The number of aliphatic hydroxyl groups is 2. The van der Waals surface area contributed by atoms with Crippen molar-refractivity contribution in [1.29, 1.82) is 0 Å². The van der Waals surface area contributed by atoms with E-state index in [4.69, 9.17) is 35.3 Å². The summed E-state index contributed by atoms with van der Waals surface area (Å²) in [7, 11) is 0. The van der Waals surface area contributed by atoms with Crippen LogP contribution in [0.4, 0.5) is 0 Å². The first-order chi connectivity index (χ1) is 25.0. The Morgan fingerprint density at radius 2 is 1.16 bits per heavy atom. The largest absolute Gasteiger partial charge is 0.494 e. The maximum atomic E-state index is 11.0. The Labute approximate surface area is 305 Å². The Morgan fingerprint density at radius 3 is 1.69 bits per heavy atom. The first-order valence-electron chi connectivity index (χ1n) is 17.4. The van der Waals surface area contributed by atoms with Gasteiger partial charge in [-0.25, -0.2) is 0 Å². The Bertz CT molecular complexity index is 1770. The minimum absolute atomic E-state index is 0.213. The van der Waals surface area contributed by atoms with Gasteiger partial charge in [-0.05, 0) is 64.9 Å². The van der Waals surface area contributed by atoms with Gasteiger partial charge in [-0.15, -0.1) is 0 Å². The molecule has 2 N–H and O–H groups in total. The molecular weight excluding hydrogens is 664 g/mol. The van der Waals surface area contributed by atoms with E-state index in [1.165, 1.54) is 0 Å². The van der Waals surface area contributed by atoms with Crippen LogP contribution in [0.3, 0.4) is 0 Å². The maximum absolute atomic E-state index is 11.0. The first-order valence-corrected chi connectivity index (χ1v) is 17.8. The molecule has 4 atom stereocenters. The second-order valence-electron chi connectivity index (χ2n) is 12.8. The fourth-order valence-electron chi connectivity index (χ4n) is 6.50. The normalized spacial score (nSPS) is 19.8. The van der Waals surface area contributed by atoms with E-state index in [0.29, 0.717) is 18.1 Å². The van der Waals surface area contributed by atoms with Crippen LogP contribution < -0.4 is 4.74 Å². The van der Waals surface area contributed by atoms with Crippen LogP contribution in [0.15, 0.2) is 133 Å². The quantitative estimate of drug-likeness (QED) is 0.108. The molecule has 0 amide bonds. The molecule has 1 aliphatic heterocycles. The van der Waals surface area contributed by atoms with Crippen molar-refractivity contribution < 1.29 is 33.9 Å². The summed E-state index contributed by atoms with van der Waals surface area (Å²) in [6, 6.07) is 43.3. The monoisotopic (exact) mass is 708 g/mol. The van der Waals surface area contributed by atoms with Crippen molar-refractivity contribution in [3.63, 3.8) is 0 Å². The lowest BCUT2D eigenvalue weighted by atomic mass is 9.82. The number of benzene rings is 5. The molecule has 8 heteroatoms. The number of hydrogen-bond acceptors (Lipinski definition) is 7. The summed E-state index contributed by atoms with van der Waals surface area (Å²) >= 11 is 6.80. The molecule has 0 radical (unpaired) electrons. The van der Waals surface area contributed by atoms with Gasteiger partial charge in [-0.3, -0.25) is 0 Å². The van der Waals surface area contributed by atoms with Gasteiger partial charge in [0.1, 0.15) is 35.8 Å². The molecule has 4 unspecified atom stereocenters. The zero-order valence-corrected chi connectivity index (χ0v) is 29.5. The third-order valence-electron chi connectivity index (χ3n) is 9.21. The molecule has 51 heavy (non-hydrogen) atoms. The van der Waals surface area contributed by atoms with Gasteiger partial charge < -0.3 is 33.9 Å². The molecular formula is C43H45ClO7. The van der Waals surface area contributed by atoms with E-state index >= 15 is 0 Å². The van der Waals surface area contributed by atoms with Crippen molar-refractivity contribution in [2.45, 2.75) is 63.2 Å². The van der Waals surface area contributed by atoms with E-state index in [0.717, 1.165) is 39.1 Å². The van der Waals surface area contributed by atoms with E-state index < -0.39 is 43.2 Å². The van der Waals surface area contributed by atoms with Gasteiger partial charge in [0.15, 0.2) is 0 Å². The highest BCUT2D eigenvalue weighted by molar-refractivity contribution is 6.31. The van der Waals surface area contributed by atoms with Crippen molar-refractivity contribution >= 4 is 11.6 Å². The van der Waals surface area contributed by atoms with Gasteiger partial charge in [-0.2, -0.15) is 0 Å². The van der Waals surface area contributed by atoms with Gasteiger partial charge in [0.25, 0.3) is 0 Å². The van der Waals surface area contributed by atoms with Gasteiger partial charge in [0.05, 0.1) is 39.6 Å². The topological polar surface area (TPSA) is 86.6 Å². The van der Waals surface area contributed by atoms with Gasteiger partial charge in [0.2, 0.25) is 0 Å². The summed E-state index contributed by atoms with van der Waals surface area (Å²) in [4.78, 5) is 0. The third-order valence-corrected chi connectivity index (χ3v) is 9.57. The number of halogens is 1. The predicted octanol–water partition coefficient (Wildman–Crippen LogP) is 7.88. The molecule has 7 nitrogen and oxygen atoms in total. The van der Waals surface area contributed by atoms with Crippen LogP contribution in [0.2, 0.25) is 5.02 Å². The summed E-state index contributed by atoms with van der Waals surface area (Å²) in [5.41, 5.74) is 4.09. The van der Waals surface area contributed by atoms with Crippen molar-refractivity contribution in [3.8, 4) is 5.75 Å². The van der Waals surface area contributed by atoms with Gasteiger partial charge >= 0.3 is 0 Å². The Morgan fingerprint density at radius 1 is 0.627 bits per heavy atom. The fourth-order valence-corrected chi connectivity index (χ4v) is 6.68. The zero-order valence-electron chi connectivity index (χ0n) is 28.8. The van der Waals surface area contributed by atoms with Gasteiger partial charge in [-0.1, -0.05) is 127 Å². The molecule has 1 heterocycles. The number of hydrogen-bond donors (Lipinski definition) is 2. The molecule has 0 aromatic heterocycles. The minimum Gasteiger partial charge on any atom is -0.494 e. The van der Waals surface area contributed by atoms with Crippen LogP contribution >= 0.6 is 11.6 Å². The molecule has 0 saturated carbocycles. The summed E-state index contributed by atoms with van der Waals surface area (Å²) in [5.74, 6) is 0.810. The number of ether oxygens (including phenoxy) is 5. The van der Waals surface area contributed by atoms with E-state index in [2.05, 4.69) is 0 Å². The van der Waals surface area contributed by atoms with Crippen LogP contribution in [0.1, 0.15) is 46.4 Å². The number of rotatable bonds is 16. The van der Waals surface area contributed by atoms with Crippen LogP contribution in [0.5, 0.6) is 5.75 Å². The van der Waals surface area contributed by atoms with Gasteiger partial charge in [0, 0.05) is 5.02 Å². The Kier molecular flexibility index (Phi) is 12.9. The molecule has 0 bridgehead atoms. The Balaban J connectivity index is 1.39. The standard InChI is InChI=1S/C43H45ClO7/c1-2-47-37-21-18-31(19-22-37)24-36-25-35(20-23-38(36)44)39-40(48-26-32-12-6-3-7-13-32)41(49-27-33-14-8-4-9-15-33)42(43(29-45,30-46)51-39)50-28-34-16-10-5-11-17-34/h3-23,25,39-42,45-46H,2,24,26-30H2,1H3. The van der Waals surface area contributed by atoms with Crippen molar-refractivity contribution in [3.05, 3.63) is 172 Å².